The Labute approximate surface area is 97.6 Å². The molecule has 0 spiro atoms. The van der Waals surface area contributed by atoms with Gasteiger partial charge in [-0.15, -0.1) is 0 Å². The fraction of sp³-hybridized carbons (Fsp3) is 0.273. The summed E-state index contributed by atoms with van der Waals surface area (Å²) in [5.41, 5.74) is 0.0229. The standard InChI is InChI=1S/C11H11ClFNO2/c1-6(7(2)15)14-11(16)8-4-3-5-9(13)10(8)12/h3-6H,1-2H3,(H,14,16). The fourth-order valence-corrected chi connectivity index (χ4v) is 1.27. The van der Waals surface area contributed by atoms with E-state index in [0.29, 0.717) is 0 Å². The average molecular weight is 244 g/mol. The van der Waals surface area contributed by atoms with Crippen LogP contribution in [0.2, 0.25) is 5.02 Å². The largest absolute Gasteiger partial charge is 0.342 e. The fourth-order valence-electron chi connectivity index (χ4n) is 1.06. The summed E-state index contributed by atoms with van der Waals surface area (Å²) >= 11 is 5.63. The molecule has 0 aromatic heterocycles. The van der Waals surface area contributed by atoms with E-state index >= 15 is 0 Å². The Morgan fingerprint density at radius 1 is 1.44 bits per heavy atom. The highest BCUT2D eigenvalue weighted by atomic mass is 35.5. The molecule has 0 saturated carbocycles. The van der Waals surface area contributed by atoms with Crippen LogP contribution in [0.1, 0.15) is 24.2 Å². The first-order valence-electron chi connectivity index (χ1n) is 4.68. The molecule has 0 aliphatic carbocycles. The van der Waals surface area contributed by atoms with Gasteiger partial charge in [0.15, 0.2) is 5.78 Å². The SMILES string of the molecule is CC(=O)C(C)NC(=O)c1cccc(F)c1Cl. The van der Waals surface area contributed by atoms with Crippen LogP contribution < -0.4 is 5.32 Å². The monoisotopic (exact) mass is 243 g/mol. The Morgan fingerprint density at radius 2 is 2.06 bits per heavy atom. The molecule has 0 aliphatic heterocycles. The van der Waals surface area contributed by atoms with E-state index in [2.05, 4.69) is 5.32 Å². The van der Waals surface area contributed by atoms with Crippen molar-refractivity contribution in [2.45, 2.75) is 19.9 Å². The molecule has 3 nitrogen and oxygen atoms in total. The van der Waals surface area contributed by atoms with Crippen LogP contribution in [-0.4, -0.2) is 17.7 Å². The summed E-state index contributed by atoms with van der Waals surface area (Å²) in [6.45, 7) is 2.91. The molecule has 1 atom stereocenters. The number of hydrogen-bond donors (Lipinski definition) is 1. The van der Waals surface area contributed by atoms with Gasteiger partial charge in [0.25, 0.3) is 5.91 Å². The van der Waals surface area contributed by atoms with E-state index in [9.17, 15) is 14.0 Å². The van der Waals surface area contributed by atoms with Crippen molar-refractivity contribution in [3.8, 4) is 0 Å². The molecule has 0 bridgehead atoms. The number of ketones is 1. The van der Waals surface area contributed by atoms with Gasteiger partial charge in [0.1, 0.15) is 5.82 Å². The lowest BCUT2D eigenvalue weighted by molar-refractivity contribution is -0.118. The summed E-state index contributed by atoms with van der Waals surface area (Å²) in [7, 11) is 0. The number of benzene rings is 1. The van der Waals surface area contributed by atoms with E-state index < -0.39 is 17.8 Å². The summed E-state index contributed by atoms with van der Waals surface area (Å²) in [4.78, 5) is 22.6. The quantitative estimate of drug-likeness (QED) is 0.885. The molecular weight excluding hydrogens is 233 g/mol. The molecule has 1 rings (SSSR count). The topological polar surface area (TPSA) is 46.2 Å². The first kappa shape index (κ1) is 12.6. The van der Waals surface area contributed by atoms with E-state index in [1.807, 2.05) is 0 Å². The van der Waals surface area contributed by atoms with Crippen molar-refractivity contribution in [3.05, 3.63) is 34.6 Å². The molecule has 1 aromatic rings. The van der Waals surface area contributed by atoms with E-state index in [0.717, 1.165) is 6.07 Å². The van der Waals surface area contributed by atoms with Crippen molar-refractivity contribution >= 4 is 23.3 Å². The van der Waals surface area contributed by atoms with Gasteiger partial charge in [-0.2, -0.15) is 0 Å². The number of Topliss-reactive ketones (excluding diaryl/α,β-unsaturated/α-hetero) is 1. The molecule has 0 radical (unpaired) electrons. The van der Waals surface area contributed by atoms with E-state index in [4.69, 9.17) is 11.6 Å². The van der Waals surface area contributed by atoms with Crippen LogP contribution in [0.5, 0.6) is 0 Å². The molecular formula is C11H11ClFNO2. The van der Waals surface area contributed by atoms with Crippen molar-refractivity contribution in [2.75, 3.05) is 0 Å². The minimum Gasteiger partial charge on any atom is -0.342 e. The molecule has 86 valence electrons. The first-order valence-corrected chi connectivity index (χ1v) is 5.06. The average Bonchev–Trinajstić information content (AvgIpc) is 2.21. The van der Waals surface area contributed by atoms with Crippen LogP contribution in [-0.2, 0) is 4.79 Å². The van der Waals surface area contributed by atoms with E-state index in [-0.39, 0.29) is 16.4 Å². The molecule has 5 heteroatoms. The summed E-state index contributed by atoms with van der Waals surface area (Å²) in [5.74, 6) is -1.40. The molecule has 16 heavy (non-hydrogen) atoms. The zero-order chi connectivity index (χ0) is 12.3. The van der Waals surface area contributed by atoms with E-state index in [1.54, 1.807) is 6.92 Å². The molecule has 0 aliphatic rings. The van der Waals surface area contributed by atoms with E-state index in [1.165, 1.54) is 19.1 Å². The smallest absolute Gasteiger partial charge is 0.253 e. The van der Waals surface area contributed by atoms with Crippen molar-refractivity contribution in [3.63, 3.8) is 0 Å². The summed E-state index contributed by atoms with van der Waals surface area (Å²) < 4.78 is 13.1. The van der Waals surface area contributed by atoms with Gasteiger partial charge in [-0.25, -0.2) is 4.39 Å². The maximum atomic E-state index is 13.1. The predicted molar refractivity (Wildman–Crippen MR) is 59.0 cm³/mol. The van der Waals surface area contributed by atoms with Crippen molar-refractivity contribution in [1.82, 2.24) is 5.32 Å². The first-order chi connectivity index (χ1) is 7.43. The maximum absolute atomic E-state index is 13.1. The predicted octanol–water partition coefficient (Wildman–Crippen LogP) is 2.19. The summed E-state index contributed by atoms with van der Waals surface area (Å²) in [5, 5.41) is 2.18. The van der Waals surface area contributed by atoms with Gasteiger partial charge in [0.2, 0.25) is 0 Å². The number of carbonyl (C=O) groups excluding carboxylic acids is 2. The third-order valence-electron chi connectivity index (χ3n) is 2.15. The Bertz CT molecular complexity index is 434. The van der Waals surface area contributed by atoms with Crippen LogP contribution in [0, 0.1) is 5.82 Å². The number of halogens is 2. The second-order valence-electron chi connectivity index (χ2n) is 3.41. The number of amides is 1. The highest BCUT2D eigenvalue weighted by molar-refractivity contribution is 6.34. The van der Waals surface area contributed by atoms with Crippen LogP contribution in [0.25, 0.3) is 0 Å². The normalized spacial score (nSPS) is 12.0. The molecule has 1 unspecified atom stereocenters. The number of carbonyl (C=O) groups is 2. The van der Waals surface area contributed by atoms with Crippen LogP contribution >= 0.6 is 11.6 Å². The third-order valence-corrected chi connectivity index (χ3v) is 2.54. The molecule has 0 saturated heterocycles. The summed E-state index contributed by atoms with van der Waals surface area (Å²) in [6, 6.07) is 3.32. The van der Waals surface area contributed by atoms with Crippen LogP contribution in [0.15, 0.2) is 18.2 Å². The van der Waals surface area contributed by atoms with Crippen molar-refractivity contribution < 1.29 is 14.0 Å². The van der Waals surface area contributed by atoms with Gasteiger partial charge in [-0.05, 0) is 26.0 Å². The van der Waals surface area contributed by atoms with Gasteiger partial charge < -0.3 is 5.32 Å². The van der Waals surface area contributed by atoms with Gasteiger partial charge in [0.05, 0.1) is 16.6 Å². The minimum absolute atomic E-state index is 0.0229. The van der Waals surface area contributed by atoms with Gasteiger partial charge in [-0.1, -0.05) is 17.7 Å². The Hall–Kier alpha value is -1.42. The van der Waals surface area contributed by atoms with Gasteiger partial charge in [0, 0.05) is 0 Å². The van der Waals surface area contributed by atoms with Crippen molar-refractivity contribution in [2.24, 2.45) is 0 Å². The van der Waals surface area contributed by atoms with Gasteiger partial charge in [-0.3, -0.25) is 9.59 Å². The molecule has 1 N–H and O–H groups in total. The second kappa shape index (κ2) is 5.07. The van der Waals surface area contributed by atoms with Gasteiger partial charge >= 0.3 is 0 Å². The molecule has 1 aromatic carbocycles. The van der Waals surface area contributed by atoms with Crippen LogP contribution in [0.4, 0.5) is 4.39 Å². The Balaban J connectivity index is 2.89. The number of nitrogens with one attached hydrogen (secondary N) is 1. The molecule has 1 amide bonds. The van der Waals surface area contributed by atoms with Crippen LogP contribution in [0.3, 0.4) is 0 Å². The lowest BCUT2D eigenvalue weighted by Gasteiger charge is -2.11. The lowest BCUT2D eigenvalue weighted by atomic mass is 10.1. The molecule has 0 fully saturated rings. The third kappa shape index (κ3) is 2.79. The zero-order valence-electron chi connectivity index (χ0n) is 8.88. The Morgan fingerprint density at radius 3 is 2.62 bits per heavy atom. The number of hydrogen-bond acceptors (Lipinski definition) is 2. The Kier molecular flexibility index (Phi) is 4.01. The number of rotatable bonds is 3. The summed E-state index contributed by atoms with van der Waals surface area (Å²) in [6.07, 6.45) is 0. The lowest BCUT2D eigenvalue weighted by Crippen LogP contribution is -2.37. The van der Waals surface area contributed by atoms with Crippen molar-refractivity contribution in [1.29, 1.82) is 0 Å². The minimum atomic E-state index is -0.662. The highest BCUT2D eigenvalue weighted by Gasteiger charge is 2.16. The second-order valence-corrected chi connectivity index (χ2v) is 3.79. The maximum Gasteiger partial charge on any atom is 0.253 e. The molecule has 0 heterocycles. The zero-order valence-corrected chi connectivity index (χ0v) is 9.64. The highest BCUT2D eigenvalue weighted by Crippen LogP contribution is 2.19.